The molecule has 1 rings (SSSR count). The van der Waals surface area contributed by atoms with Crippen LogP contribution in [0.1, 0.15) is 43.6 Å². The number of hydroxylamine groups is 1. The number of para-hydroxylation sites is 1. The molecule has 1 aromatic rings. The van der Waals surface area contributed by atoms with E-state index in [0.717, 1.165) is 12.1 Å². The monoisotopic (exact) mass is 294 g/mol. The zero-order valence-corrected chi connectivity index (χ0v) is 13.5. The third kappa shape index (κ3) is 4.44. The van der Waals surface area contributed by atoms with Crippen molar-refractivity contribution >= 4 is 5.91 Å². The summed E-state index contributed by atoms with van der Waals surface area (Å²) in [7, 11) is 1.36. The van der Waals surface area contributed by atoms with E-state index in [1.807, 2.05) is 6.07 Å². The van der Waals surface area contributed by atoms with Crippen LogP contribution in [0.5, 0.6) is 5.75 Å². The van der Waals surface area contributed by atoms with Gasteiger partial charge in [0.2, 0.25) is 0 Å². The van der Waals surface area contributed by atoms with Crippen molar-refractivity contribution in [3.63, 3.8) is 0 Å². The van der Waals surface area contributed by atoms with E-state index in [1.54, 1.807) is 12.1 Å². The molecule has 1 unspecified atom stereocenters. The first-order valence-electron chi connectivity index (χ1n) is 7.32. The molecule has 0 saturated carbocycles. The van der Waals surface area contributed by atoms with E-state index >= 15 is 0 Å². The van der Waals surface area contributed by atoms with E-state index < -0.39 is 5.91 Å². The molecule has 0 aliphatic rings. The van der Waals surface area contributed by atoms with Crippen LogP contribution >= 0.6 is 0 Å². The summed E-state index contributed by atoms with van der Waals surface area (Å²) in [5.41, 5.74) is 3.23. The number of rotatable bonds is 7. The molecule has 0 bridgehead atoms. The third-order valence-corrected chi connectivity index (χ3v) is 3.67. The van der Waals surface area contributed by atoms with Gasteiger partial charge in [-0.2, -0.15) is 0 Å². The predicted octanol–water partition coefficient (Wildman–Crippen LogP) is 2.34. The molecule has 0 fully saturated rings. The Kier molecular flexibility index (Phi) is 6.65. The summed E-state index contributed by atoms with van der Waals surface area (Å²) in [5.74, 6) is -0.417. The van der Waals surface area contributed by atoms with Gasteiger partial charge < -0.3 is 5.11 Å². The van der Waals surface area contributed by atoms with Crippen molar-refractivity contribution in [3.8, 4) is 5.75 Å². The molecule has 5 nitrogen and oxygen atoms in total. The minimum atomic E-state index is -0.444. The van der Waals surface area contributed by atoms with Gasteiger partial charge >= 0.3 is 0 Å². The quantitative estimate of drug-likeness (QED) is 0.758. The molecule has 21 heavy (non-hydrogen) atoms. The molecular formula is C16H26N2O3. The van der Waals surface area contributed by atoms with E-state index in [0.29, 0.717) is 12.5 Å². The fourth-order valence-corrected chi connectivity index (χ4v) is 2.71. The van der Waals surface area contributed by atoms with Gasteiger partial charge in [-0.1, -0.05) is 19.1 Å². The van der Waals surface area contributed by atoms with Crippen LogP contribution in [-0.4, -0.2) is 41.7 Å². The first-order chi connectivity index (χ1) is 9.92. The summed E-state index contributed by atoms with van der Waals surface area (Å²) in [6.07, 6.45) is 0.686. The Hall–Kier alpha value is -1.59. The maximum Gasteiger partial charge on any atom is 0.278 e. The highest BCUT2D eigenvalue weighted by Gasteiger charge is 2.19. The summed E-state index contributed by atoms with van der Waals surface area (Å²) < 4.78 is 0. The minimum absolute atomic E-state index is 0.0266. The lowest BCUT2D eigenvalue weighted by molar-refractivity contribution is 0.0534. The van der Waals surface area contributed by atoms with Crippen LogP contribution in [-0.2, 0) is 11.3 Å². The lowest BCUT2D eigenvalue weighted by atomic mass is 10.0. The zero-order valence-electron chi connectivity index (χ0n) is 13.5. The summed E-state index contributed by atoms with van der Waals surface area (Å²) in [6, 6.07) is 5.92. The predicted molar refractivity (Wildman–Crippen MR) is 83.3 cm³/mol. The molecule has 0 heterocycles. The number of hydrogen-bond acceptors (Lipinski definition) is 4. The fourth-order valence-electron chi connectivity index (χ4n) is 2.71. The molecule has 0 aromatic heterocycles. The molecule has 2 N–H and O–H groups in total. The maximum absolute atomic E-state index is 11.8. The molecule has 0 aliphatic heterocycles. The highest BCUT2D eigenvalue weighted by Crippen LogP contribution is 2.25. The van der Waals surface area contributed by atoms with Crippen LogP contribution in [0.15, 0.2) is 18.2 Å². The van der Waals surface area contributed by atoms with Gasteiger partial charge in [0, 0.05) is 12.1 Å². The fraction of sp³-hybridized carbons (Fsp3) is 0.562. The summed E-state index contributed by atoms with van der Waals surface area (Å²) in [4.78, 5) is 18.7. The summed E-state index contributed by atoms with van der Waals surface area (Å²) in [5, 5.41) is 10.3. The number of hydrogen-bond donors (Lipinski definition) is 2. The SMILES string of the molecule is CCN(C(C)C)C(C)Cc1cccc(C(=O)NOC)c1O. The Balaban J connectivity index is 2.94. The second kappa shape index (κ2) is 8.00. The van der Waals surface area contributed by atoms with Crippen LogP contribution in [0.25, 0.3) is 0 Å². The number of carbonyl (C=O) groups excluding carboxylic acids is 1. The number of phenolic OH excluding ortho intramolecular Hbond substituents is 1. The van der Waals surface area contributed by atoms with Gasteiger partial charge in [-0.25, -0.2) is 5.48 Å². The van der Waals surface area contributed by atoms with Gasteiger partial charge in [-0.05, 0) is 45.4 Å². The molecule has 0 spiro atoms. The van der Waals surface area contributed by atoms with Crippen molar-refractivity contribution in [1.82, 2.24) is 10.4 Å². The average Bonchev–Trinajstić information content (AvgIpc) is 2.41. The van der Waals surface area contributed by atoms with Crippen molar-refractivity contribution in [2.45, 2.75) is 46.2 Å². The normalized spacial score (nSPS) is 12.7. The zero-order chi connectivity index (χ0) is 16.0. The molecular weight excluding hydrogens is 268 g/mol. The number of likely N-dealkylation sites (N-methyl/N-ethyl adjacent to an activating group) is 1. The molecule has 0 radical (unpaired) electrons. The van der Waals surface area contributed by atoms with Crippen LogP contribution in [0.3, 0.4) is 0 Å². The van der Waals surface area contributed by atoms with Crippen molar-refractivity contribution in [2.75, 3.05) is 13.7 Å². The highest BCUT2D eigenvalue weighted by atomic mass is 16.6. The Labute approximate surface area is 126 Å². The van der Waals surface area contributed by atoms with Gasteiger partial charge in [0.15, 0.2) is 0 Å². The molecule has 0 aliphatic carbocycles. The number of amides is 1. The van der Waals surface area contributed by atoms with Gasteiger partial charge in [0.1, 0.15) is 5.75 Å². The topological polar surface area (TPSA) is 61.8 Å². The second-order valence-corrected chi connectivity index (χ2v) is 5.43. The van der Waals surface area contributed by atoms with Crippen LogP contribution < -0.4 is 5.48 Å². The number of carbonyl (C=O) groups is 1. The first-order valence-corrected chi connectivity index (χ1v) is 7.32. The number of nitrogens with zero attached hydrogens (tertiary/aromatic N) is 1. The lowest BCUT2D eigenvalue weighted by Gasteiger charge is -2.31. The standard InChI is InChI=1S/C16H26N2O3/c1-6-18(11(2)3)12(4)10-13-8-7-9-14(15(13)19)16(20)17-21-5/h7-9,11-12,19H,6,10H2,1-5H3,(H,17,20). The number of phenols is 1. The van der Waals surface area contributed by atoms with Gasteiger partial charge in [0.05, 0.1) is 12.7 Å². The van der Waals surface area contributed by atoms with Gasteiger partial charge in [0.25, 0.3) is 5.91 Å². The van der Waals surface area contributed by atoms with Crippen LogP contribution in [0.2, 0.25) is 0 Å². The Morgan fingerprint density at radius 2 is 2.05 bits per heavy atom. The second-order valence-electron chi connectivity index (χ2n) is 5.43. The largest absolute Gasteiger partial charge is 0.507 e. The maximum atomic E-state index is 11.8. The van der Waals surface area contributed by atoms with E-state index in [9.17, 15) is 9.90 Å². The van der Waals surface area contributed by atoms with Crippen molar-refractivity contribution in [2.24, 2.45) is 0 Å². The Bertz CT molecular complexity index is 475. The Morgan fingerprint density at radius 3 is 2.57 bits per heavy atom. The first kappa shape index (κ1) is 17.5. The molecule has 5 heteroatoms. The van der Waals surface area contributed by atoms with Gasteiger partial charge in [-0.3, -0.25) is 14.5 Å². The summed E-state index contributed by atoms with van der Waals surface area (Å²) in [6.45, 7) is 9.51. The van der Waals surface area contributed by atoms with Crippen molar-refractivity contribution in [1.29, 1.82) is 0 Å². The molecule has 1 aromatic carbocycles. The van der Waals surface area contributed by atoms with E-state index in [2.05, 4.69) is 42.9 Å². The average molecular weight is 294 g/mol. The van der Waals surface area contributed by atoms with Gasteiger partial charge in [-0.15, -0.1) is 0 Å². The van der Waals surface area contributed by atoms with Crippen LogP contribution in [0, 0.1) is 0 Å². The lowest BCUT2D eigenvalue weighted by Crippen LogP contribution is -2.39. The van der Waals surface area contributed by atoms with E-state index in [1.165, 1.54) is 7.11 Å². The number of benzene rings is 1. The minimum Gasteiger partial charge on any atom is -0.507 e. The van der Waals surface area contributed by atoms with Crippen molar-refractivity contribution < 1.29 is 14.7 Å². The van der Waals surface area contributed by atoms with E-state index in [-0.39, 0.29) is 17.4 Å². The Morgan fingerprint density at radius 1 is 1.38 bits per heavy atom. The smallest absolute Gasteiger partial charge is 0.278 e. The highest BCUT2D eigenvalue weighted by molar-refractivity contribution is 5.96. The summed E-state index contributed by atoms with van der Waals surface area (Å²) >= 11 is 0. The molecule has 1 amide bonds. The molecule has 0 saturated heterocycles. The number of aromatic hydroxyl groups is 1. The van der Waals surface area contributed by atoms with Crippen LogP contribution in [0.4, 0.5) is 0 Å². The number of nitrogens with one attached hydrogen (secondary N) is 1. The molecule has 1 atom stereocenters. The van der Waals surface area contributed by atoms with Crippen molar-refractivity contribution in [3.05, 3.63) is 29.3 Å². The molecule has 118 valence electrons. The van der Waals surface area contributed by atoms with E-state index in [4.69, 9.17) is 0 Å². The third-order valence-electron chi connectivity index (χ3n) is 3.67.